The van der Waals surface area contributed by atoms with Gasteiger partial charge in [0.25, 0.3) is 0 Å². The highest BCUT2D eigenvalue weighted by molar-refractivity contribution is 5.99. The number of anilines is 2. The number of nitriles is 1. The standard InChI is InChI=1S/C25H32FN9O/c1-19-6-7-21(16-28-19)30-24(36)31-22-5-3-4-20(23(22)26)17-33-10-14-35(15-11-33)25(29-18-27)34-12-8-32(2)9-13-34/h3-7,16H,8-15,17H2,1-2H3,(H2,30,31,36). The van der Waals surface area contributed by atoms with Gasteiger partial charge in [-0.05, 0) is 32.2 Å². The maximum atomic E-state index is 15.2. The van der Waals surface area contributed by atoms with Crippen molar-refractivity contribution >= 4 is 23.4 Å². The lowest BCUT2D eigenvalue weighted by Gasteiger charge is -2.42. The molecule has 2 saturated heterocycles. The number of benzene rings is 1. The van der Waals surface area contributed by atoms with Gasteiger partial charge in [-0.3, -0.25) is 9.88 Å². The van der Waals surface area contributed by atoms with Gasteiger partial charge in [0.2, 0.25) is 12.2 Å². The molecule has 0 aliphatic carbocycles. The Morgan fingerprint density at radius 2 is 1.75 bits per heavy atom. The van der Waals surface area contributed by atoms with Gasteiger partial charge in [0.15, 0.2) is 5.82 Å². The second-order valence-electron chi connectivity index (χ2n) is 9.11. The van der Waals surface area contributed by atoms with E-state index in [0.717, 1.165) is 50.9 Å². The van der Waals surface area contributed by atoms with Gasteiger partial charge in [-0.25, -0.2) is 9.18 Å². The predicted molar refractivity (Wildman–Crippen MR) is 137 cm³/mol. The van der Waals surface area contributed by atoms with E-state index < -0.39 is 11.8 Å². The van der Waals surface area contributed by atoms with E-state index in [1.165, 1.54) is 0 Å². The summed E-state index contributed by atoms with van der Waals surface area (Å²) in [7, 11) is 2.09. The lowest BCUT2D eigenvalue weighted by molar-refractivity contribution is 0.147. The van der Waals surface area contributed by atoms with E-state index >= 15 is 4.39 Å². The highest BCUT2D eigenvalue weighted by atomic mass is 19.1. The van der Waals surface area contributed by atoms with Crippen LogP contribution in [0.1, 0.15) is 11.3 Å². The number of piperazine rings is 2. The maximum Gasteiger partial charge on any atom is 0.323 e. The first kappa shape index (κ1) is 25.3. The number of aliphatic imine (C=N–C) groups is 1. The Hall–Kier alpha value is -3.75. The van der Waals surface area contributed by atoms with E-state index in [2.05, 4.69) is 47.3 Å². The van der Waals surface area contributed by atoms with Crippen LogP contribution in [0.3, 0.4) is 0 Å². The van der Waals surface area contributed by atoms with Crippen LogP contribution < -0.4 is 10.6 Å². The number of urea groups is 1. The second kappa shape index (κ2) is 11.8. The van der Waals surface area contributed by atoms with E-state index in [-0.39, 0.29) is 5.69 Å². The third-order valence-corrected chi connectivity index (χ3v) is 6.48. The number of hydrogen-bond donors (Lipinski definition) is 2. The van der Waals surface area contributed by atoms with Crippen LogP contribution in [0.5, 0.6) is 0 Å². The zero-order chi connectivity index (χ0) is 25.5. The maximum absolute atomic E-state index is 15.2. The topological polar surface area (TPSA) is 103 Å². The van der Waals surface area contributed by atoms with Crippen molar-refractivity contribution in [3.05, 3.63) is 53.6 Å². The zero-order valence-corrected chi connectivity index (χ0v) is 20.7. The summed E-state index contributed by atoms with van der Waals surface area (Å²) in [4.78, 5) is 29.4. The molecule has 2 amide bonds. The van der Waals surface area contributed by atoms with Crippen LogP contribution in [0.4, 0.5) is 20.6 Å². The Balaban J connectivity index is 1.33. The third kappa shape index (κ3) is 6.47. The quantitative estimate of drug-likeness (QED) is 0.383. The number of nitrogens with one attached hydrogen (secondary N) is 2. The van der Waals surface area contributed by atoms with Crippen molar-refractivity contribution in [1.82, 2.24) is 24.6 Å². The normalized spacial score (nSPS) is 17.6. The fraction of sp³-hybridized carbons (Fsp3) is 0.440. The highest BCUT2D eigenvalue weighted by Gasteiger charge is 2.26. The van der Waals surface area contributed by atoms with Crippen molar-refractivity contribution < 1.29 is 9.18 Å². The summed E-state index contributed by atoms with van der Waals surface area (Å²) in [6.07, 6.45) is 3.51. The number of aryl methyl sites for hydroxylation is 1. The van der Waals surface area contributed by atoms with Gasteiger partial charge in [0.05, 0.1) is 17.6 Å². The van der Waals surface area contributed by atoms with E-state index in [9.17, 15) is 10.1 Å². The third-order valence-electron chi connectivity index (χ3n) is 6.48. The average Bonchev–Trinajstić information content (AvgIpc) is 2.88. The Morgan fingerprint density at radius 1 is 1.06 bits per heavy atom. The summed E-state index contributed by atoms with van der Waals surface area (Å²) >= 11 is 0. The molecule has 0 bridgehead atoms. The van der Waals surface area contributed by atoms with Crippen molar-refractivity contribution in [3.63, 3.8) is 0 Å². The van der Waals surface area contributed by atoms with Gasteiger partial charge in [0, 0.05) is 70.2 Å². The minimum atomic E-state index is -0.529. The molecule has 0 radical (unpaired) electrons. The molecule has 3 heterocycles. The van der Waals surface area contributed by atoms with Crippen LogP contribution in [0, 0.1) is 24.2 Å². The molecule has 2 aliphatic rings. The number of amides is 2. The van der Waals surface area contributed by atoms with E-state index in [1.54, 1.807) is 36.5 Å². The van der Waals surface area contributed by atoms with Crippen molar-refractivity contribution in [2.24, 2.45) is 4.99 Å². The lowest BCUT2D eigenvalue weighted by atomic mass is 10.1. The van der Waals surface area contributed by atoms with Gasteiger partial charge < -0.3 is 25.3 Å². The first-order valence-corrected chi connectivity index (χ1v) is 12.1. The molecule has 0 atom stereocenters. The van der Waals surface area contributed by atoms with Crippen molar-refractivity contribution in [2.75, 3.05) is 70.0 Å². The Labute approximate surface area is 211 Å². The number of guanidine groups is 1. The number of rotatable bonds is 4. The van der Waals surface area contributed by atoms with Crippen LogP contribution in [0.2, 0.25) is 0 Å². The minimum Gasteiger partial charge on any atom is -0.339 e. The SMILES string of the molecule is Cc1ccc(NC(=O)Nc2cccc(CN3CCN(C(=NC#N)N4CCN(C)CC4)CC3)c2F)cn1. The van der Waals surface area contributed by atoms with Crippen LogP contribution in [-0.2, 0) is 6.54 Å². The number of halogens is 1. The molecule has 4 rings (SSSR count). The molecule has 0 spiro atoms. The van der Waals surface area contributed by atoms with Crippen molar-refractivity contribution in [3.8, 4) is 6.19 Å². The van der Waals surface area contributed by atoms with Crippen LogP contribution in [0.25, 0.3) is 0 Å². The van der Waals surface area contributed by atoms with E-state index in [1.807, 2.05) is 13.1 Å². The first-order valence-electron chi connectivity index (χ1n) is 12.1. The average molecular weight is 494 g/mol. The Morgan fingerprint density at radius 3 is 2.39 bits per heavy atom. The van der Waals surface area contributed by atoms with Gasteiger partial charge in [-0.2, -0.15) is 5.26 Å². The van der Waals surface area contributed by atoms with Gasteiger partial charge in [-0.15, -0.1) is 4.99 Å². The molecule has 2 aliphatic heterocycles. The predicted octanol–water partition coefficient (Wildman–Crippen LogP) is 2.38. The van der Waals surface area contributed by atoms with E-state index in [4.69, 9.17) is 0 Å². The molecule has 11 heteroatoms. The second-order valence-corrected chi connectivity index (χ2v) is 9.11. The molecule has 0 unspecified atom stereocenters. The fourth-order valence-electron chi connectivity index (χ4n) is 4.36. The zero-order valence-electron chi connectivity index (χ0n) is 20.7. The molecule has 1 aromatic heterocycles. The molecule has 10 nitrogen and oxygen atoms in total. The molecular formula is C25H32FN9O. The van der Waals surface area contributed by atoms with E-state index in [0.29, 0.717) is 30.9 Å². The van der Waals surface area contributed by atoms with Crippen LogP contribution >= 0.6 is 0 Å². The molecule has 0 saturated carbocycles. The number of hydrogen-bond acceptors (Lipinski definition) is 6. The molecular weight excluding hydrogens is 461 g/mol. The lowest BCUT2D eigenvalue weighted by Crippen LogP contribution is -2.56. The summed E-state index contributed by atoms with van der Waals surface area (Å²) < 4.78 is 15.2. The molecule has 2 N–H and O–H groups in total. The number of carbonyl (C=O) groups excluding carboxylic acids is 1. The van der Waals surface area contributed by atoms with Gasteiger partial charge in [0.1, 0.15) is 0 Å². The summed E-state index contributed by atoms with van der Waals surface area (Å²) in [5, 5.41) is 14.5. The summed E-state index contributed by atoms with van der Waals surface area (Å²) in [6.45, 7) is 8.70. The molecule has 2 fully saturated rings. The molecule has 36 heavy (non-hydrogen) atoms. The summed E-state index contributed by atoms with van der Waals surface area (Å²) in [5.41, 5.74) is 2.02. The largest absolute Gasteiger partial charge is 0.339 e. The minimum absolute atomic E-state index is 0.127. The smallest absolute Gasteiger partial charge is 0.323 e. The molecule has 1 aromatic carbocycles. The fourth-order valence-corrected chi connectivity index (χ4v) is 4.36. The number of likely N-dealkylation sites (N-methyl/N-ethyl adjacent to an activating group) is 1. The molecule has 190 valence electrons. The van der Waals surface area contributed by atoms with Crippen molar-refractivity contribution in [2.45, 2.75) is 13.5 Å². The molecule has 2 aromatic rings. The number of nitrogens with zero attached hydrogens (tertiary/aromatic N) is 7. The Bertz CT molecular complexity index is 1120. The monoisotopic (exact) mass is 493 g/mol. The Kier molecular flexibility index (Phi) is 8.30. The number of aromatic nitrogens is 1. The van der Waals surface area contributed by atoms with Gasteiger partial charge >= 0.3 is 6.03 Å². The highest BCUT2D eigenvalue weighted by Crippen LogP contribution is 2.21. The van der Waals surface area contributed by atoms with Gasteiger partial charge in [-0.1, -0.05) is 12.1 Å². The summed E-state index contributed by atoms with van der Waals surface area (Å²) in [5.74, 6) is 0.290. The number of pyridine rings is 1. The van der Waals surface area contributed by atoms with Crippen LogP contribution in [-0.4, -0.2) is 96.0 Å². The van der Waals surface area contributed by atoms with Crippen molar-refractivity contribution in [1.29, 1.82) is 5.26 Å². The first-order chi connectivity index (χ1) is 17.4. The summed E-state index contributed by atoms with van der Waals surface area (Å²) in [6, 6.07) is 8.02. The number of carbonyl (C=O) groups is 1. The van der Waals surface area contributed by atoms with Crippen LogP contribution in [0.15, 0.2) is 41.5 Å².